The molecule has 0 saturated carbocycles. The van der Waals surface area contributed by atoms with Gasteiger partial charge in [0.05, 0.1) is 18.3 Å². The van der Waals surface area contributed by atoms with Gasteiger partial charge in [-0.15, -0.1) is 0 Å². The molecule has 4 rings (SSSR count). The third kappa shape index (κ3) is 3.31. The van der Waals surface area contributed by atoms with Crippen molar-refractivity contribution in [2.24, 2.45) is 0 Å². The van der Waals surface area contributed by atoms with Gasteiger partial charge in [-0.25, -0.2) is 8.42 Å². The highest BCUT2D eigenvalue weighted by molar-refractivity contribution is 7.89. The topological polar surface area (TPSA) is 64.4 Å². The lowest BCUT2D eigenvalue weighted by Crippen LogP contribution is -2.30. The van der Waals surface area contributed by atoms with Crippen molar-refractivity contribution in [3.63, 3.8) is 0 Å². The van der Waals surface area contributed by atoms with Crippen molar-refractivity contribution in [1.29, 1.82) is 0 Å². The lowest BCUT2D eigenvalue weighted by Gasteiger charge is -2.24. The molecule has 1 aromatic heterocycles. The van der Waals surface area contributed by atoms with E-state index in [-0.39, 0.29) is 12.1 Å². The highest BCUT2D eigenvalue weighted by atomic mass is 32.2. The number of rotatable bonds is 4. The summed E-state index contributed by atoms with van der Waals surface area (Å²) in [5.41, 5.74) is 2.22. The van der Waals surface area contributed by atoms with Gasteiger partial charge in [-0.1, -0.05) is 29.8 Å². The Kier molecular flexibility index (Phi) is 4.86. The molecule has 0 radical (unpaired) electrons. The molecule has 0 N–H and O–H groups in total. The van der Waals surface area contributed by atoms with Gasteiger partial charge >= 0.3 is 0 Å². The standard InChI is InChI=1S/C19H25N3O3S/c1-15-4-2-5-16(12-15)19-6-3-9-22(19)26(23,24)18-13-20-21(14-18)17-7-10-25-11-8-17/h2,4-5,12-14,17,19H,3,6-11H2,1H3. The summed E-state index contributed by atoms with van der Waals surface area (Å²) in [4.78, 5) is 0.295. The molecular weight excluding hydrogens is 350 g/mol. The lowest BCUT2D eigenvalue weighted by atomic mass is 10.0. The van der Waals surface area contributed by atoms with Crippen LogP contribution >= 0.6 is 0 Å². The first-order chi connectivity index (χ1) is 12.6. The summed E-state index contributed by atoms with van der Waals surface area (Å²) in [6, 6.07) is 8.28. The van der Waals surface area contributed by atoms with Crippen molar-refractivity contribution in [3.8, 4) is 0 Å². The molecule has 0 spiro atoms. The minimum Gasteiger partial charge on any atom is -0.381 e. The number of sulfonamides is 1. The van der Waals surface area contributed by atoms with Crippen LogP contribution in [0.3, 0.4) is 0 Å². The van der Waals surface area contributed by atoms with E-state index in [2.05, 4.69) is 11.2 Å². The Labute approximate surface area is 154 Å². The SMILES string of the molecule is Cc1cccc(C2CCCN2S(=O)(=O)c2cnn(C3CCOCC3)c2)c1. The van der Waals surface area contributed by atoms with Crippen molar-refractivity contribution in [3.05, 3.63) is 47.8 Å². The van der Waals surface area contributed by atoms with E-state index < -0.39 is 10.0 Å². The molecule has 7 heteroatoms. The first kappa shape index (κ1) is 17.7. The van der Waals surface area contributed by atoms with Crippen molar-refractivity contribution in [2.45, 2.75) is 49.6 Å². The van der Waals surface area contributed by atoms with Gasteiger partial charge in [-0.3, -0.25) is 4.68 Å². The fourth-order valence-electron chi connectivity index (χ4n) is 3.98. The van der Waals surface area contributed by atoms with Gasteiger partial charge in [0, 0.05) is 26.0 Å². The van der Waals surface area contributed by atoms with Crippen molar-refractivity contribution < 1.29 is 13.2 Å². The Hall–Kier alpha value is -1.70. The van der Waals surface area contributed by atoms with E-state index in [1.54, 1.807) is 15.2 Å². The molecule has 6 nitrogen and oxygen atoms in total. The second-order valence-corrected chi connectivity index (χ2v) is 9.08. The first-order valence-electron chi connectivity index (χ1n) is 9.26. The maximum Gasteiger partial charge on any atom is 0.246 e. The van der Waals surface area contributed by atoms with Crippen LogP contribution in [-0.2, 0) is 14.8 Å². The quantitative estimate of drug-likeness (QED) is 0.824. The molecule has 2 aromatic rings. The summed E-state index contributed by atoms with van der Waals surface area (Å²) in [6.07, 6.45) is 6.67. The molecule has 3 heterocycles. The van der Waals surface area contributed by atoms with Crippen LogP contribution in [0.4, 0.5) is 0 Å². The smallest absolute Gasteiger partial charge is 0.246 e. The van der Waals surface area contributed by atoms with Crippen LogP contribution in [0.1, 0.15) is 48.9 Å². The number of hydrogen-bond acceptors (Lipinski definition) is 4. The van der Waals surface area contributed by atoms with Crippen molar-refractivity contribution in [2.75, 3.05) is 19.8 Å². The Balaban J connectivity index is 1.60. The lowest BCUT2D eigenvalue weighted by molar-refractivity contribution is 0.0662. The Morgan fingerprint density at radius 1 is 1.19 bits per heavy atom. The minimum atomic E-state index is -3.55. The molecule has 2 saturated heterocycles. The average molecular weight is 375 g/mol. The van der Waals surface area contributed by atoms with Crippen LogP contribution in [0.2, 0.25) is 0 Å². The average Bonchev–Trinajstić information content (AvgIpc) is 3.33. The van der Waals surface area contributed by atoms with Crippen LogP contribution in [0, 0.1) is 6.92 Å². The number of aryl methyl sites for hydroxylation is 1. The van der Waals surface area contributed by atoms with Crippen LogP contribution in [0.15, 0.2) is 41.6 Å². The number of benzene rings is 1. The summed E-state index contributed by atoms with van der Waals surface area (Å²) in [5.74, 6) is 0. The Morgan fingerprint density at radius 2 is 2.00 bits per heavy atom. The molecule has 140 valence electrons. The van der Waals surface area contributed by atoms with Crippen molar-refractivity contribution in [1.82, 2.24) is 14.1 Å². The summed E-state index contributed by atoms with van der Waals surface area (Å²) >= 11 is 0. The monoisotopic (exact) mass is 375 g/mol. The van der Waals surface area contributed by atoms with E-state index in [0.29, 0.717) is 24.7 Å². The summed E-state index contributed by atoms with van der Waals surface area (Å²) in [5, 5.41) is 4.34. The summed E-state index contributed by atoms with van der Waals surface area (Å²) < 4.78 is 35.3. The molecule has 2 aliphatic rings. The molecule has 2 fully saturated rings. The molecule has 2 aliphatic heterocycles. The van der Waals surface area contributed by atoms with E-state index >= 15 is 0 Å². The molecule has 0 aliphatic carbocycles. The highest BCUT2D eigenvalue weighted by Crippen LogP contribution is 2.37. The molecular formula is C19H25N3O3S. The third-order valence-electron chi connectivity index (χ3n) is 5.38. The van der Waals surface area contributed by atoms with E-state index in [1.807, 2.05) is 25.1 Å². The second kappa shape index (κ2) is 7.13. The van der Waals surface area contributed by atoms with Crippen LogP contribution < -0.4 is 0 Å². The number of aromatic nitrogens is 2. The van der Waals surface area contributed by atoms with Gasteiger partial charge in [0.25, 0.3) is 0 Å². The summed E-state index contributed by atoms with van der Waals surface area (Å²) in [6.45, 7) is 4.00. The Morgan fingerprint density at radius 3 is 2.77 bits per heavy atom. The van der Waals surface area contributed by atoms with E-state index in [1.165, 1.54) is 6.20 Å². The second-order valence-electron chi connectivity index (χ2n) is 7.19. The predicted octanol–water partition coefficient (Wildman–Crippen LogP) is 3.07. The molecule has 0 amide bonds. The Bertz CT molecular complexity index is 872. The van der Waals surface area contributed by atoms with Crippen LogP contribution in [0.5, 0.6) is 0 Å². The number of ether oxygens (including phenoxy) is 1. The third-order valence-corrected chi connectivity index (χ3v) is 7.24. The molecule has 1 unspecified atom stereocenters. The highest BCUT2D eigenvalue weighted by Gasteiger charge is 2.37. The van der Waals surface area contributed by atoms with E-state index in [4.69, 9.17) is 4.74 Å². The van der Waals surface area contributed by atoms with Crippen molar-refractivity contribution >= 4 is 10.0 Å². The van der Waals surface area contributed by atoms with E-state index in [9.17, 15) is 8.42 Å². The fraction of sp³-hybridized carbons (Fsp3) is 0.526. The fourth-order valence-corrected chi connectivity index (χ4v) is 5.60. The maximum atomic E-state index is 13.2. The van der Waals surface area contributed by atoms with Gasteiger partial charge < -0.3 is 4.74 Å². The van der Waals surface area contributed by atoms with Gasteiger partial charge in [-0.2, -0.15) is 9.40 Å². The van der Waals surface area contributed by atoms with Crippen LogP contribution in [-0.4, -0.2) is 42.3 Å². The number of hydrogen-bond donors (Lipinski definition) is 0. The summed E-state index contributed by atoms with van der Waals surface area (Å²) in [7, 11) is -3.55. The van der Waals surface area contributed by atoms with Gasteiger partial charge in [-0.05, 0) is 38.2 Å². The molecule has 1 atom stereocenters. The molecule has 26 heavy (non-hydrogen) atoms. The molecule has 1 aromatic carbocycles. The zero-order chi connectivity index (χ0) is 18.1. The van der Waals surface area contributed by atoms with Gasteiger partial charge in [0.1, 0.15) is 4.90 Å². The molecule has 0 bridgehead atoms. The van der Waals surface area contributed by atoms with Crippen LogP contribution in [0.25, 0.3) is 0 Å². The largest absolute Gasteiger partial charge is 0.381 e. The first-order valence-corrected chi connectivity index (χ1v) is 10.7. The zero-order valence-electron chi connectivity index (χ0n) is 15.0. The van der Waals surface area contributed by atoms with Gasteiger partial charge in [0.2, 0.25) is 10.0 Å². The van der Waals surface area contributed by atoms with Gasteiger partial charge in [0.15, 0.2) is 0 Å². The maximum absolute atomic E-state index is 13.2. The normalized spacial score (nSPS) is 22.7. The number of nitrogens with zero attached hydrogens (tertiary/aromatic N) is 3. The zero-order valence-corrected chi connectivity index (χ0v) is 15.9. The van der Waals surface area contributed by atoms with E-state index in [0.717, 1.165) is 36.8 Å². The predicted molar refractivity (Wildman–Crippen MR) is 98.4 cm³/mol. The minimum absolute atomic E-state index is 0.0914.